The molecule has 0 bridgehead atoms. The van der Waals surface area contributed by atoms with E-state index in [-0.39, 0.29) is 17.3 Å². The summed E-state index contributed by atoms with van der Waals surface area (Å²) in [4.78, 5) is 17.0. The summed E-state index contributed by atoms with van der Waals surface area (Å²) in [5, 5.41) is 11.5. The first-order valence-electron chi connectivity index (χ1n) is 11.8. The van der Waals surface area contributed by atoms with Crippen molar-refractivity contribution in [1.82, 2.24) is 29.4 Å². The zero-order valence-corrected chi connectivity index (χ0v) is 21.6. The topological polar surface area (TPSA) is 123 Å². The third-order valence-corrected chi connectivity index (χ3v) is 8.40. The van der Waals surface area contributed by atoms with Gasteiger partial charge in [0.15, 0.2) is 0 Å². The standard InChI is InChI=1S/C25H25ClN6O4S/c1-31-16-27-14-22(31)25-30-29-24(36-25)18-7-5-17(6-8-18)15-32(21-4-2-3-13-28-23(21)33)37(34,35)20-11-9-19(26)10-12-20/h5-12,14,16,21H,2-4,13,15H2,1H3,(H,28,33)/t21-/m1/s1. The highest BCUT2D eigenvalue weighted by Crippen LogP contribution is 2.28. The predicted octanol–water partition coefficient (Wildman–Crippen LogP) is 3.65. The van der Waals surface area contributed by atoms with Crippen LogP contribution in [0.5, 0.6) is 0 Å². The SMILES string of the molecule is Cn1cncc1-c1nnc(-c2ccc(CN([C@@H]3CCCCNC3=O)S(=O)(=O)c3ccc(Cl)cc3)cc2)o1. The molecule has 5 rings (SSSR count). The largest absolute Gasteiger partial charge is 0.415 e. The minimum Gasteiger partial charge on any atom is -0.415 e. The van der Waals surface area contributed by atoms with Crippen molar-refractivity contribution in [2.75, 3.05) is 6.54 Å². The average molecular weight is 541 g/mol. The second kappa shape index (κ2) is 10.4. The molecule has 1 saturated heterocycles. The third-order valence-electron chi connectivity index (χ3n) is 6.27. The highest BCUT2D eigenvalue weighted by molar-refractivity contribution is 7.89. The fourth-order valence-corrected chi connectivity index (χ4v) is 5.97. The number of imidazole rings is 1. The van der Waals surface area contributed by atoms with E-state index in [4.69, 9.17) is 16.0 Å². The number of benzene rings is 2. The van der Waals surface area contributed by atoms with Crippen LogP contribution in [0.4, 0.5) is 0 Å². The quantitative estimate of drug-likeness (QED) is 0.379. The number of amides is 1. The van der Waals surface area contributed by atoms with Crippen LogP contribution in [0, 0.1) is 0 Å². The van der Waals surface area contributed by atoms with Gasteiger partial charge in [-0.3, -0.25) is 4.79 Å². The highest BCUT2D eigenvalue weighted by atomic mass is 35.5. The van der Waals surface area contributed by atoms with Crippen molar-refractivity contribution >= 4 is 27.5 Å². The molecule has 12 heteroatoms. The summed E-state index contributed by atoms with van der Waals surface area (Å²) < 4.78 is 36.3. The van der Waals surface area contributed by atoms with E-state index in [1.807, 2.05) is 7.05 Å². The van der Waals surface area contributed by atoms with E-state index < -0.39 is 16.1 Å². The van der Waals surface area contributed by atoms with Crippen LogP contribution < -0.4 is 5.32 Å². The Kier molecular flexibility index (Phi) is 7.09. The van der Waals surface area contributed by atoms with Gasteiger partial charge < -0.3 is 14.3 Å². The Morgan fingerprint density at radius 3 is 2.51 bits per heavy atom. The number of carbonyl (C=O) groups is 1. The highest BCUT2D eigenvalue weighted by Gasteiger charge is 2.36. The molecular formula is C25H25ClN6O4S. The number of carbonyl (C=O) groups excluding carboxylic acids is 1. The molecule has 1 N–H and O–H groups in total. The van der Waals surface area contributed by atoms with Crippen LogP contribution in [0.1, 0.15) is 24.8 Å². The number of hydrogen-bond donors (Lipinski definition) is 1. The number of nitrogens with one attached hydrogen (secondary N) is 1. The molecule has 0 unspecified atom stereocenters. The third kappa shape index (κ3) is 5.29. The maximum atomic E-state index is 13.7. The van der Waals surface area contributed by atoms with E-state index in [0.717, 1.165) is 12.8 Å². The first kappa shape index (κ1) is 25.1. The van der Waals surface area contributed by atoms with Crippen molar-refractivity contribution in [3.63, 3.8) is 0 Å². The summed E-state index contributed by atoms with van der Waals surface area (Å²) in [6.07, 6.45) is 5.27. The molecule has 1 fully saturated rings. The number of rotatable bonds is 7. The number of hydrogen-bond acceptors (Lipinski definition) is 7. The van der Waals surface area contributed by atoms with Crippen LogP contribution in [-0.4, -0.2) is 51.0 Å². The Morgan fingerprint density at radius 1 is 1.08 bits per heavy atom. The van der Waals surface area contributed by atoms with E-state index in [9.17, 15) is 13.2 Å². The maximum Gasteiger partial charge on any atom is 0.266 e. The molecule has 10 nitrogen and oxygen atoms in total. The molecule has 0 aliphatic carbocycles. The summed E-state index contributed by atoms with van der Waals surface area (Å²) in [6, 6.07) is 12.3. The van der Waals surface area contributed by atoms with E-state index in [0.29, 0.717) is 46.6 Å². The van der Waals surface area contributed by atoms with Gasteiger partial charge in [0.2, 0.25) is 21.8 Å². The van der Waals surface area contributed by atoms with Gasteiger partial charge in [-0.15, -0.1) is 10.2 Å². The number of sulfonamides is 1. The van der Waals surface area contributed by atoms with Crippen molar-refractivity contribution in [1.29, 1.82) is 0 Å². The van der Waals surface area contributed by atoms with Crippen molar-refractivity contribution < 1.29 is 17.6 Å². The Labute approximate surface area is 219 Å². The van der Waals surface area contributed by atoms with Gasteiger partial charge in [-0.05, 0) is 61.2 Å². The Bertz CT molecular complexity index is 1500. The van der Waals surface area contributed by atoms with Gasteiger partial charge in [-0.25, -0.2) is 13.4 Å². The summed E-state index contributed by atoms with van der Waals surface area (Å²) in [7, 11) is -2.16. The second-order valence-corrected chi connectivity index (χ2v) is 11.1. The lowest BCUT2D eigenvalue weighted by molar-refractivity contribution is -0.124. The van der Waals surface area contributed by atoms with E-state index in [1.54, 1.807) is 41.4 Å². The van der Waals surface area contributed by atoms with Gasteiger partial charge in [0.25, 0.3) is 5.89 Å². The normalized spacial score (nSPS) is 16.5. The van der Waals surface area contributed by atoms with Crippen LogP contribution in [-0.2, 0) is 28.4 Å². The lowest BCUT2D eigenvalue weighted by Gasteiger charge is -2.29. The second-order valence-electron chi connectivity index (χ2n) is 8.81. The van der Waals surface area contributed by atoms with Crippen LogP contribution in [0.2, 0.25) is 5.02 Å². The predicted molar refractivity (Wildman–Crippen MR) is 137 cm³/mol. The monoisotopic (exact) mass is 540 g/mol. The first-order valence-corrected chi connectivity index (χ1v) is 13.6. The minimum atomic E-state index is -3.99. The Hall–Kier alpha value is -3.54. The molecule has 1 atom stereocenters. The molecule has 1 aliphatic rings. The van der Waals surface area contributed by atoms with Gasteiger partial charge >= 0.3 is 0 Å². The van der Waals surface area contributed by atoms with Gasteiger partial charge in [0.05, 0.1) is 17.4 Å². The average Bonchev–Trinajstić information content (AvgIpc) is 3.49. The van der Waals surface area contributed by atoms with E-state index in [2.05, 4.69) is 20.5 Å². The number of aryl methyl sites for hydroxylation is 1. The summed E-state index contributed by atoms with van der Waals surface area (Å²) in [5.74, 6) is 0.385. The van der Waals surface area contributed by atoms with E-state index in [1.165, 1.54) is 28.6 Å². The molecule has 37 heavy (non-hydrogen) atoms. The summed E-state index contributed by atoms with van der Waals surface area (Å²) in [5.41, 5.74) is 2.09. The molecule has 192 valence electrons. The van der Waals surface area contributed by atoms with Crippen LogP contribution in [0.3, 0.4) is 0 Å². The van der Waals surface area contributed by atoms with Crippen molar-refractivity contribution in [3.8, 4) is 23.0 Å². The Balaban J connectivity index is 1.43. The smallest absolute Gasteiger partial charge is 0.266 e. The molecule has 3 heterocycles. The number of halogens is 1. The summed E-state index contributed by atoms with van der Waals surface area (Å²) in [6.45, 7) is 0.553. The van der Waals surface area contributed by atoms with E-state index >= 15 is 0 Å². The van der Waals surface area contributed by atoms with Gasteiger partial charge in [-0.1, -0.05) is 23.7 Å². The molecule has 2 aromatic carbocycles. The summed E-state index contributed by atoms with van der Waals surface area (Å²) >= 11 is 5.97. The van der Waals surface area contributed by atoms with Crippen LogP contribution in [0.15, 0.2) is 70.4 Å². The van der Waals surface area contributed by atoms with Gasteiger partial charge in [0.1, 0.15) is 11.7 Å². The molecule has 0 spiro atoms. The van der Waals surface area contributed by atoms with Gasteiger partial charge in [0, 0.05) is 30.7 Å². The maximum absolute atomic E-state index is 13.7. The molecule has 0 saturated carbocycles. The first-order chi connectivity index (χ1) is 17.8. The van der Waals surface area contributed by atoms with Crippen LogP contribution in [0.25, 0.3) is 23.0 Å². The fraction of sp³-hybridized carbons (Fsp3) is 0.280. The molecule has 1 amide bonds. The molecule has 2 aromatic heterocycles. The lowest BCUT2D eigenvalue weighted by atomic mass is 10.1. The molecule has 0 radical (unpaired) electrons. The Morgan fingerprint density at radius 2 is 1.81 bits per heavy atom. The van der Waals surface area contributed by atoms with Gasteiger partial charge in [-0.2, -0.15) is 4.31 Å². The van der Waals surface area contributed by atoms with Crippen molar-refractivity contribution in [2.45, 2.75) is 36.7 Å². The fourth-order valence-electron chi connectivity index (χ4n) is 4.24. The number of aromatic nitrogens is 4. The lowest BCUT2D eigenvalue weighted by Crippen LogP contribution is -2.48. The van der Waals surface area contributed by atoms with Crippen LogP contribution >= 0.6 is 11.6 Å². The zero-order valence-electron chi connectivity index (χ0n) is 20.0. The number of nitrogens with zero attached hydrogens (tertiary/aromatic N) is 5. The molecule has 1 aliphatic heterocycles. The van der Waals surface area contributed by atoms with Crippen molar-refractivity contribution in [2.24, 2.45) is 7.05 Å². The molecular weight excluding hydrogens is 516 g/mol. The van der Waals surface area contributed by atoms with Crippen molar-refractivity contribution in [3.05, 3.63) is 71.6 Å². The minimum absolute atomic E-state index is 0.0213. The molecule has 4 aromatic rings. The zero-order chi connectivity index (χ0) is 26.0.